The summed E-state index contributed by atoms with van der Waals surface area (Å²) in [5.74, 6) is 0.589. The standard InChI is InChI=1S/C12H27N3O2S/c1-11(2)15(3)9-8-14-18(16,17)10-12-4-6-13-7-5-12/h11-14H,4-10H2,1-3H3. The maximum Gasteiger partial charge on any atom is 0.211 e. The van der Waals surface area contributed by atoms with Crippen molar-refractivity contribution < 1.29 is 8.42 Å². The fraction of sp³-hybridized carbons (Fsp3) is 1.00. The Morgan fingerprint density at radius 3 is 2.50 bits per heavy atom. The van der Waals surface area contributed by atoms with Gasteiger partial charge < -0.3 is 10.2 Å². The van der Waals surface area contributed by atoms with Crippen LogP contribution in [0.3, 0.4) is 0 Å². The third-order valence-corrected chi connectivity index (χ3v) is 5.14. The zero-order chi connectivity index (χ0) is 13.6. The molecule has 1 fully saturated rings. The second kappa shape index (κ2) is 7.43. The molecule has 0 aromatic rings. The molecule has 0 unspecified atom stereocenters. The summed E-state index contributed by atoms with van der Waals surface area (Å²) < 4.78 is 26.5. The van der Waals surface area contributed by atoms with Gasteiger partial charge in [0.2, 0.25) is 10.0 Å². The van der Waals surface area contributed by atoms with Gasteiger partial charge in [-0.2, -0.15) is 0 Å². The average Bonchev–Trinajstić information content (AvgIpc) is 2.29. The molecule has 0 bridgehead atoms. The first-order valence-corrected chi connectivity index (χ1v) is 8.44. The topological polar surface area (TPSA) is 61.4 Å². The fourth-order valence-corrected chi connectivity index (χ4v) is 3.53. The first-order chi connectivity index (χ1) is 8.41. The van der Waals surface area contributed by atoms with Crippen molar-refractivity contribution in [2.75, 3.05) is 39.0 Å². The van der Waals surface area contributed by atoms with Crippen LogP contribution in [0.2, 0.25) is 0 Å². The number of piperidine rings is 1. The summed E-state index contributed by atoms with van der Waals surface area (Å²) in [5.41, 5.74) is 0. The van der Waals surface area contributed by atoms with E-state index in [-0.39, 0.29) is 5.75 Å². The second-order valence-electron chi connectivity index (χ2n) is 5.44. The van der Waals surface area contributed by atoms with E-state index in [1.54, 1.807) is 0 Å². The Balaban J connectivity index is 2.26. The second-order valence-corrected chi connectivity index (χ2v) is 7.29. The first-order valence-electron chi connectivity index (χ1n) is 6.79. The molecule has 1 saturated heterocycles. The molecule has 0 spiro atoms. The van der Waals surface area contributed by atoms with Gasteiger partial charge in [-0.15, -0.1) is 0 Å². The minimum absolute atomic E-state index is 0.278. The summed E-state index contributed by atoms with van der Waals surface area (Å²) >= 11 is 0. The van der Waals surface area contributed by atoms with Gasteiger partial charge in [-0.3, -0.25) is 0 Å². The number of hydrogen-bond donors (Lipinski definition) is 2. The van der Waals surface area contributed by atoms with E-state index >= 15 is 0 Å². The van der Waals surface area contributed by atoms with Crippen LogP contribution in [0, 0.1) is 5.92 Å². The zero-order valence-electron chi connectivity index (χ0n) is 11.8. The normalized spacial score (nSPS) is 18.7. The number of nitrogens with zero attached hydrogens (tertiary/aromatic N) is 1. The molecule has 1 rings (SSSR count). The molecule has 0 aromatic heterocycles. The van der Waals surface area contributed by atoms with Crippen molar-refractivity contribution in [3.8, 4) is 0 Å². The maximum absolute atomic E-state index is 11.9. The number of likely N-dealkylation sites (N-methyl/N-ethyl adjacent to an activating group) is 1. The molecule has 18 heavy (non-hydrogen) atoms. The Kier molecular flexibility index (Phi) is 6.55. The third kappa shape index (κ3) is 6.13. The summed E-state index contributed by atoms with van der Waals surface area (Å²) in [7, 11) is -1.10. The molecule has 0 amide bonds. The van der Waals surface area contributed by atoms with Crippen molar-refractivity contribution in [1.29, 1.82) is 0 Å². The smallest absolute Gasteiger partial charge is 0.211 e. The van der Waals surface area contributed by atoms with Gasteiger partial charge in [0.1, 0.15) is 0 Å². The highest BCUT2D eigenvalue weighted by Crippen LogP contribution is 2.13. The Bertz CT molecular complexity index is 324. The molecule has 108 valence electrons. The minimum Gasteiger partial charge on any atom is -0.317 e. The largest absolute Gasteiger partial charge is 0.317 e. The molecule has 0 atom stereocenters. The highest BCUT2D eigenvalue weighted by atomic mass is 32.2. The van der Waals surface area contributed by atoms with Crippen molar-refractivity contribution in [2.45, 2.75) is 32.7 Å². The minimum atomic E-state index is -3.11. The first kappa shape index (κ1) is 15.9. The number of nitrogens with one attached hydrogen (secondary N) is 2. The van der Waals surface area contributed by atoms with E-state index in [2.05, 4.69) is 28.8 Å². The van der Waals surface area contributed by atoms with Crippen molar-refractivity contribution in [2.24, 2.45) is 5.92 Å². The average molecular weight is 277 g/mol. The Morgan fingerprint density at radius 1 is 1.33 bits per heavy atom. The van der Waals surface area contributed by atoms with Gasteiger partial charge in [-0.25, -0.2) is 13.1 Å². The van der Waals surface area contributed by atoms with E-state index in [1.165, 1.54) is 0 Å². The Labute approximate surface area is 111 Å². The number of hydrogen-bond acceptors (Lipinski definition) is 4. The molecule has 1 aliphatic rings. The molecule has 6 heteroatoms. The molecular formula is C12H27N3O2S. The van der Waals surface area contributed by atoms with Crippen molar-refractivity contribution in [3.63, 3.8) is 0 Å². The maximum atomic E-state index is 11.9. The third-order valence-electron chi connectivity index (χ3n) is 3.58. The van der Waals surface area contributed by atoms with Crippen LogP contribution in [-0.4, -0.2) is 58.3 Å². The summed E-state index contributed by atoms with van der Waals surface area (Å²) in [6, 6.07) is 0.443. The number of sulfonamides is 1. The van der Waals surface area contributed by atoms with Crippen LogP contribution in [0.1, 0.15) is 26.7 Å². The lowest BCUT2D eigenvalue weighted by Crippen LogP contribution is -2.39. The lowest BCUT2D eigenvalue weighted by molar-refractivity contribution is 0.278. The van der Waals surface area contributed by atoms with Gasteiger partial charge in [0.15, 0.2) is 0 Å². The summed E-state index contributed by atoms with van der Waals surface area (Å²) in [6.07, 6.45) is 1.93. The van der Waals surface area contributed by atoms with Crippen LogP contribution in [0.15, 0.2) is 0 Å². The van der Waals surface area contributed by atoms with Crippen LogP contribution in [-0.2, 0) is 10.0 Å². The summed E-state index contributed by atoms with van der Waals surface area (Å²) in [6.45, 7) is 7.34. The fourth-order valence-electron chi connectivity index (χ4n) is 2.05. The van der Waals surface area contributed by atoms with E-state index in [1.807, 2.05) is 7.05 Å². The summed E-state index contributed by atoms with van der Waals surface area (Å²) in [5, 5.41) is 3.25. The van der Waals surface area contributed by atoms with E-state index < -0.39 is 10.0 Å². The van der Waals surface area contributed by atoms with Crippen molar-refractivity contribution in [1.82, 2.24) is 14.9 Å². The van der Waals surface area contributed by atoms with Gasteiger partial charge in [-0.1, -0.05) is 0 Å². The highest BCUT2D eigenvalue weighted by Gasteiger charge is 2.20. The van der Waals surface area contributed by atoms with Gasteiger partial charge in [0.05, 0.1) is 5.75 Å². The molecule has 0 aromatic carbocycles. The molecule has 5 nitrogen and oxygen atoms in total. The molecule has 2 N–H and O–H groups in total. The van der Waals surface area contributed by atoms with Crippen molar-refractivity contribution >= 4 is 10.0 Å². The lowest BCUT2D eigenvalue weighted by atomic mass is 10.0. The van der Waals surface area contributed by atoms with Gasteiger partial charge in [0.25, 0.3) is 0 Å². The van der Waals surface area contributed by atoms with Crippen LogP contribution < -0.4 is 10.0 Å². The monoisotopic (exact) mass is 277 g/mol. The zero-order valence-corrected chi connectivity index (χ0v) is 12.6. The molecule has 1 heterocycles. The molecule has 0 saturated carbocycles. The van der Waals surface area contributed by atoms with Gasteiger partial charge in [-0.05, 0) is 52.7 Å². The quantitative estimate of drug-likeness (QED) is 0.700. The molecule has 0 radical (unpaired) electrons. The van der Waals surface area contributed by atoms with Crippen molar-refractivity contribution in [3.05, 3.63) is 0 Å². The predicted molar refractivity (Wildman–Crippen MR) is 75.1 cm³/mol. The number of rotatable bonds is 7. The highest BCUT2D eigenvalue weighted by molar-refractivity contribution is 7.89. The van der Waals surface area contributed by atoms with Gasteiger partial charge in [0, 0.05) is 19.1 Å². The Hall–Kier alpha value is -0.170. The summed E-state index contributed by atoms with van der Waals surface area (Å²) in [4.78, 5) is 2.13. The van der Waals surface area contributed by atoms with E-state index in [9.17, 15) is 8.42 Å². The van der Waals surface area contributed by atoms with Crippen LogP contribution >= 0.6 is 0 Å². The SMILES string of the molecule is CC(C)N(C)CCNS(=O)(=O)CC1CCNCC1. The van der Waals surface area contributed by atoms with E-state index in [0.717, 1.165) is 32.5 Å². The van der Waals surface area contributed by atoms with E-state index in [0.29, 0.717) is 18.5 Å². The Morgan fingerprint density at radius 2 is 1.94 bits per heavy atom. The van der Waals surface area contributed by atoms with Crippen LogP contribution in [0.4, 0.5) is 0 Å². The van der Waals surface area contributed by atoms with Gasteiger partial charge >= 0.3 is 0 Å². The lowest BCUT2D eigenvalue weighted by Gasteiger charge is -2.23. The van der Waals surface area contributed by atoms with Crippen LogP contribution in [0.5, 0.6) is 0 Å². The van der Waals surface area contributed by atoms with E-state index in [4.69, 9.17) is 0 Å². The molecular weight excluding hydrogens is 250 g/mol. The predicted octanol–water partition coefficient (Wildman–Crippen LogP) is 0.246. The van der Waals surface area contributed by atoms with Crippen LogP contribution in [0.25, 0.3) is 0 Å². The molecule has 1 aliphatic heterocycles. The molecule has 0 aliphatic carbocycles.